The number of ether oxygens (including phenoxy) is 1. The molecule has 1 aromatic heterocycles. The van der Waals surface area contributed by atoms with Crippen LogP contribution in [-0.2, 0) is 20.7 Å². The zero-order valence-corrected chi connectivity index (χ0v) is 14.5. The number of rotatable bonds is 5. The van der Waals surface area contributed by atoms with Gasteiger partial charge in [-0.3, -0.25) is 14.6 Å². The molecule has 0 saturated heterocycles. The van der Waals surface area contributed by atoms with Gasteiger partial charge in [0.05, 0.1) is 18.9 Å². The van der Waals surface area contributed by atoms with E-state index >= 15 is 0 Å². The number of aromatic nitrogens is 1. The van der Waals surface area contributed by atoms with Crippen molar-refractivity contribution in [2.45, 2.75) is 45.1 Å². The third kappa shape index (κ3) is 4.35. The van der Waals surface area contributed by atoms with Crippen molar-refractivity contribution in [3.63, 3.8) is 0 Å². The zero-order valence-electron chi connectivity index (χ0n) is 14.5. The number of hydrogen-bond acceptors (Lipinski definition) is 4. The fourth-order valence-corrected chi connectivity index (χ4v) is 3.53. The van der Waals surface area contributed by atoms with Gasteiger partial charge >= 0.3 is 5.97 Å². The van der Waals surface area contributed by atoms with Gasteiger partial charge in [0.15, 0.2) is 0 Å². The van der Waals surface area contributed by atoms with E-state index in [1.165, 1.54) is 0 Å². The Morgan fingerprint density at radius 3 is 2.76 bits per heavy atom. The molecule has 0 unspecified atom stereocenters. The monoisotopic (exact) mass is 340 g/mol. The summed E-state index contributed by atoms with van der Waals surface area (Å²) in [4.78, 5) is 28.3. The number of pyridine rings is 1. The first-order chi connectivity index (χ1) is 12.2. The van der Waals surface area contributed by atoms with Gasteiger partial charge in [-0.2, -0.15) is 0 Å². The van der Waals surface area contributed by atoms with Crippen LogP contribution in [-0.4, -0.2) is 29.5 Å². The molecular formula is C20H24N2O3. The molecule has 0 atom stereocenters. The number of nitrogens with one attached hydrogen (secondary N) is 1. The van der Waals surface area contributed by atoms with Crippen LogP contribution < -0.4 is 5.32 Å². The van der Waals surface area contributed by atoms with Gasteiger partial charge in [0, 0.05) is 23.8 Å². The minimum atomic E-state index is -0.100. The first-order valence-corrected chi connectivity index (χ1v) is 8.95. The van der Waals surface area contributed by atoms with E-state index < -0.39 is 0 Å². The Labute approximate surface area is 147 Å². The van der Waals surface area contributed by atoms with Crippen LogP contribution in [0.15, 0.2) is 36.7 Å². The number of esters is 1. The van der Waals surface area contributed by atoms with Crippen molar-refractivity contribution < 1.29 is 14.3 Å². The van der Waals surface area contributed by atoms with Gasteiger partial charge < -0.3 is 10.1 Å². The largest absolute Gasteiger partial charge is 0.466 e. The molecule has 1 N–H and O–H groups in total. The van der Waals surface area contributed by atoms with E-state index in [1.807, 2.05) is 37.4 Å². The molecule has 5 nitrogen and oxygen atoms in total. The highest BCUT2D eigenvalue weighted by molar-refractivity contribution is 5.89. The summed E-state index contributed by atoms with van der Waals surface area (Å²) < 4.78 is 5.09. The summed E-state index contributed by atoms with van der Waals surface area (Å²) in [7, 11) is 0. The quantitative estimate of drug-likeness (QED) is 0.850. The number of fused-ring (bicyclic) bond motifs is 1. The third-order valence-corrected chi connectivity index (χ3v) is 4.83. The number of benzene rings is 1. The van der Waals surface area contributed by atoms with Crippen LogP contribution in [0.4, 0.5) is 0 Å². The molecule has 0 aliphatic heterocycles. The summed E-state index contributed by atoms with van der Waals surface area (Å²) >= 11 is 0. The summed E-state index contributed by atoms with van der Waals surface area (Å²) in [5.41, 5.74) is 1.01. The van der Waals surface area contributed by atoms with Crippen molar-refractivity contribution in [3.05, 3.63) is 42.2 Å². The number of amides is 1. The van der Waals surface area contributed by atoms with Crippen LogP contribution >= 0.6 is 0 Å². The fraction of sp³-hybridized carbons (Fsp3) is 0.450. The van der Waals surface area contributed by atoms with Crippen LogP contribution in [0.3, 0.4) is 0 Å². The Morgan fingerprint density at radius 2 is 2.00 bits per heavy atom. The van der Waals surface area contributed by atoms with Gasteiger partial charge in [0.2, 0.25) is 5.91 Å². The van der Waals surface area contributed by atoms with Crippen molar-refractivity contribution in [2.75, 3.05) is 6.61 Å². The maximum atomic E-state index is 12.4. The minimum Gasteiger partial charge on any atom is -0.466 e. The lowest BCUT2D eigenvalue weighted by Gasteiger charge is -2.27. The maximum Gasteiger partial charge on any atom is 0.308 e. The Morgan fingerprint density at radius 1 is 1.20 bits per heavy atom. The highest BCUT2D eigenvalue weighted by Crippen LogP contribution is 2.25. The molecule has 1 aliphatic carbocycles. The first-order valence-electron chi connectivity index (χ1n) is 8.95. The predicted molar refractivity (Wildman–Crippen MR) is 96.0 cm³/mol. The van der Waals surface area contributed by atoms with Gasteiger partial charge in [-0.25, -0.2) is 0 Å². The minimum absolute atomic E-state index is 0.0151. The highest BCUT2D eigenvalue weighted by Gasteiger charge is 2.27. The molecule has 1 aliphatic rings. The number of hydrogen-bond donors (Lipinski definition) is 1. The van der Waals surface area contributed by atoms with E-state index in [2.05, 4.69) is 10.3 Å². The lowest BCUT2D eigenvalue weighted by Crippen LogP contribution is -2.39. The van der Waals surface area contributed by atoms with E-state index in [-0.39, 0.29) is 23.8 Å². The zero-order chi connectivity index (χ0) is 17.6. The molecule has 0 spiro atoms. The number of nitrogens with zero attached hydrogens (tertiary/aromatic N) is 1. The van der Waals surface area contributed by atoms with Gasteiger partial charge in [0.25, 0.3) is 0 Å². The predicted octanol–water partition coefficient (Wildman–Crippen LogP) is 3.02. The smallest absolute Gasteiger partial charge is 0.308 e. The molecule has 1 aromatic carbocycles. The lowest BCUT2D eigenvalue weighted by molar-refractivity contribution is -0.149. The second-order valence-electron chi connectivity index (χ2n) is 6.56. The molecule has 1 saturated carbocycles. The standard InChI is InChI=1S/C20H24N2O3/c1-2-25-20(24)14-6-8-17(9-7-14)22-19(23)12-15-4-3-5-16-13-21-11-10-18(15)16/h3-5,10-11,13-14,17H,2,6-9,12H2,1H3,(H,22,23). The molecule has 1 heterocycles. The molecule has 0 radical (unpaired) electrons. The normalized spacial score (nSPS) is 20.2. The number of carbonyl (C=O) groups is 2. The van der Waals surface area contributed by atoms with Gasteiger partial charge in [-0.1, -0.05) is 18.2 Å². The van der Waals surface area contributed by atoms with Crippen molar-refractivity contribution >= 4 is 22.6 Å². The average Bonchev–Trinajstić information content (AvgIpc) is 2.63. The van der Waals surface area contributed by atoms with Crippen LogP contribution in [0, 0.1) is 5.92 Å². The van der Waals surface area contributed by atoms with Crippen molar-refractivity contribution in [3.8, 4) is 0 Å². The molecule has 1 amide bonds. The van der Waals surface area contributed by atoms with Crippen LogP contribution in [0.1, 0.15) is 38.2 Å². The van der Waals surface area contributed by atoms with Gasteiger partial charge in [-0.15, -0.1) is 0 Å². The molecule has 3 rings (SSSR count). The SMILES string of the molecule is CCOC(=O)C1CCC(NC(=O)Cc2cccc3cnccc23)CC1. The van der Waals surface area contributed by atoms with Crippen molar-refractivity contribution in [1.82, 2.24) is 10.3 Å². The third-order valence-electron chi connectivity index (χ3n) is 4.83. The maximum absolute atomic E-state index is 12.4. The van der Waals surface area contributed by atoms with Gasteiger partial charge in [0.1, 0.15) is 0 Å². The molecule has 1 fully saturated rings. The molecule has 132 valence electrons. The van der Waals surface area contributed by atoms with E-state index in [0.717, 1.165) is 42.0 Å². The van der Waals surface area contributed by atoms with E-state index in [1.54, 1.807) is 6.20 Å². The summed E-state index contributed by atoms with van der Waals surface area (Å²) in [5, 5.41) is 5.23. The highest BCUT2D eigenvalue weighted by atomic mass is 16.5. The van der Waals surface area contributed by atoms with Crippen molar-refractivity contribution in [2.24, 2.45) is 5.92 Å². The average molecular weight is 340 g/mol. The Balaban J connectivity index is 1.54. The summed E-state index contributed by atoms with van der Waals surface area (Å²) in [6, 6.07) is 8.04. The first kappa shape index (κ1) is 17.4. The fourth-order valence-electron chi connectivity index (χ4n) is 3.53. The molecular weight excluding hydrogens is 316 g/mol. The number of carbonyl (C=O) groups excluding carboxylic acids is 2. The second-order valence-corrected chi connectivity index (χ2v) is 6.56. The van der Waals surface area contributed by atoms with Crippen LogP contribution in [0.5, 0.6) is 0 Å². The van der Waals surface area contributed by atoms with Crippen LogP contribution in [0.25, 0.3) is 10.8 Å². The van der Waals surface area contributed by atoms with E-state index in [4.69, 9.17) is 4.74 Å². The van der Waals surface area contributed by atoms with Crippen LogP contribution in [0.2, 0.25) is 0 Å². The molecule has 2 aromatic rings. The second kappa shape index (κ2) is 8.10. The molecule has 25 heavy (non-hydrogen) atoms. The lowest BCUT2D eigenvalue weighted by atomic mass is 9.86. The summed E-state index contributed by atoms with van der Waals surface area (Å²) in [6.45, 7) is 2.25. The Kier molecular flexibility index (Phi) is 5.64. The van der Waals surface area contributed by atoms with E-state index in [9.17, 15) is 9.59 Å². The summed E-state index contributed by atoms with van der Waals surface area (Å²) in [6.07, 6.45) is 7.14. The van der Waals surface area contributed by atoms with Crippen molar-refractivity contribution in [1.29, 1.82) is 0 Å². The molecule has 5 heteroatoms. The van der Waals surface area contributed by atoms with E-state index in [0.29, 0.717) is 13.0 Å². The Bertz CT molecular complexity index is 746. The topological polar surface area (TPSA) is 68.3 Å². The Hall–Kier alpha value is -2.43. The summed E-state index contributed by atoms with van der Waals surface area (Å²) in [5.74, 6) is -0.0841. The molecule has 0 bridgehead atoms. The van der Waals surface area contributed by atoms with Gasteiger partial charge in [-0.05, 0) is 49.6 Å².